The average Bonchev–Trinajstić information content (AvgIpc) is 2.43. The molecule has 1 aromatic heterocycles. The van der Waals surface area contributed by atoms with Crippen LogP contribution in [0, 0.1) is 0 Å². The molecule has 6 heteroatoms. The molecular weight excluding hydrogens is 285 g/mol. The first kappa shape index (κ1) is 14.1. The van der Waals surface area contributed by atoms with Crippen LogP contribution in [0.1, 0.15) is 17.3 Å². The van der Waals surface area contributed by atoms with Crippen molar-refractivity contribution >= 4 is 23.2 Å². The summed E-state index contributed by atoms with van der Waals surface area (Å²) in [6, 6.07) is 6.93. The third-order valence-corrected chi connectivity index (χ3v) is 3.43. The molecule has 1 aromatic carbocycles. The average molecular weight is 298 g/mol. The number of rotatable bonds is 4. The lowest BCUT2D eigenvalue weighted by Crippen LogP contribution is -2.15. The van der Waals surface area contributed by atoms with E-state index in [-0.39, 0.29) is 6.04 Å². The quantitative estimate of drug-likeness (QED) is 0.942. The van der Waals surface area contributed by atoms with Crippen molar-refractivity contribution in [3.63, 3.8) is 0 Å². The SMILES string of the molecule is COc1cc(C(N)Cc2ccc(Cl)c(Cl)c2)ncn1. The molecule has 2 rings (SSSR count). The maximum Gasteiger partial charge on any atom is 0.216 e. The molecule has 19 heavy (non-hydrogen) atoms. The summed E-state index contributed by atoms with van der Waals surface area (Å²) in [5, 5.41) is 1.05. The van der Waals surface area contributed by atoms with Crippen LogP contribution in [0.5, 0.6) is 5.88 Å². The lowest BCUT2D eigenvalue weighted by Gasteiger charge is -2.12. The number of hydrogen-bond acceptors (Lipinski definition) is 4. The Morgan fingerprint density at radius 3 is 2.68 bits per heavy atom. The molecule has 0 bridgehead atoms. The van der Waals surface area contributed by atoms with E-state index in [4.69, 9.17) is 33.7 Å². The fourth-order valence-electron chi connectivity index (χ4n) is 1.69. The zero-order valence-corrected chi connectivity index (χ0v) is 11.8. The number of benzene rings is 1. The van der Waals surface area contributed by atoms with Gasteiger partial charge in [0.05, 0.1) is 28.9 Å². The van der Waals surface area contributed by atoms with Gasteiger partial charge in [-0.3, -0.25) is 0 Å². The molecule has 1 atom stereocenters. The van der Waals surface area contributed by atoms with Gasteiger partial charge in [-0.1, -0.05) is 29.3 Å². The number of ether oxygens (including phenoxy) is 1. The molecule has 100 valence electrons. The van der Waals surface area contributed by atoms with Gasteiger partial charge in [-0.15, -0.1) is 0 Å². The van der Waals surface area contributed by atoms with E-state index in [1.165, 1.54) is 6.33 Å². The minimum Gasteiger partial charge on any atom is -0.481 e. The standard InChI is InChI=1S/C13H13Cl2N3O/c1-19-13-6-12(17-7-18-13)11(16)5-8-2-3-9(14)10(15)4-8/h2-4,6-7,11H,5,16H2,1H3. The Morgan fingerprint density at radius 1 is 1.21 bits per heavy atom. The summed E-state index contributed by atoms with van der Waals surface area (Å²) in [6.07, 6.45) is 2.04. The predicted molar refractivity (Wildman–Crippen MR) is 75.7 cm³/mol. The first-order valence-corrected chi connectivity index (χ1v) is 6.41. The molecule has 0 saturated heterocycles. The smallest absolute Gasteiger partial charge is 0.216 e. The molecule has 0 aliphatic heterocycles. The number of aromatic nitrogens is 2. The summed E-state index contributed by atoms with van der Waals surface area (Å²) < 4.78 is 5.04. The number of nitrogens with two attached hydrogens (primary N) is 1. The van der Waals surface area contributed by atoms with Crippen molar-refractivity contribution in [2.75, 3.05) is 7.11 Å². The van der Waals surface area contributed by atoms with Gasteiger partial charge in [0.15, 0.2) is 0 Å². The van der Waals surface area contributed by atoms with Gasteiger partial charge in [0.2, 0.25) is 5.88 Å². The molecular formula is C13H13Cl2N3O. The monoisotopic (exact) mass is 297 g/mol. The van der Waals surface area contributed by atoms with Gasteiger partial charge >= 0.3 is 0 Å². The van der Waals surface area contributed by atoms with E-state index >= 15 is 0 Å². The molecule has 0 fully saturated rings. The lowest BCUT2D eigenvalue weighted by molar-refractivity contribution is 0.395. The van der Waals surface area contributed by atoms with Gasteiger partial charge in [-0.2, -0.15) is 0 Å². The summed E-state index contributed by atoms with van der Waals surface area (Å²) in [7, 11) is 1.55. The van der Waals surface area contributed by atoms with Crippen LogP contribution in [0.3, 0.4) is 0 Å². The second kappa shape index (κ2) is 6.19. The Labute approximate surface area is 121 Å². The highest BCUT2D eigenvalue weighted by molar-refractivity contribution is 6.42. The van der Waals surface area contributed by atoms with E-state index in [1.54, 1.807) is 19.2 Å². The Kier molecular flexibility index (Phi) is 4.58. The van der Waals surface area contributed by atoms with E-state index < -0.39 is 0 Å². The molecule has 0 radical (unpaired) electrons. The highest BCUT2D eigenvalue weighted by Gasteiger charge is 2.11. The largest absolute Gasteiger partial charge is 0.481 e. The van der Waals surface area contributed by atoms with Crippen LogP contribution in [0.4, 0.5) is 0 Å². The predicted octanol–water partition coefficient (Wildman–Crippen LogP) is 3.03. The van der Waals surface area contributed by atoms with Crippen LogP contribution in [-0.2, 0) is 6.42 Å². The van der Waals surface area contributed by atoms with E-state index in [2.05, 4.69) is 9.97 Å². The number of nitrogens with zero attached hydrogens (tertiary/aromatic N) is 2. The number of halogens is 2. The van der Waals surface area contributed by atoms with Crippen LogP contribution in [0.2, 0.25) is 10.0 Å². The third kappa shape index (κ3) is 3.56. The maximum absolute atomic E-state index is 6.12. The second-order valence-corrected chi connectivity index (χ2v) is 4.86. The lowest BCUT2D eigenvalue weighted by atomic mass is 10.0. The summed E-state index contributed by atoms with van der Waals surface area (Å²) in [5.41, 5.74) is 7.84. The van der Waals surface area contributed by atoms with Crippen LogP contribution < -0.4 is 10.5 Å². The van der Waals surface area contributed by atoms with E-state index in [1.807, 2.05) is 12.1 Å². The second-order valence-electron chi connectivity index (χ2n) is 4.04. The zero-order chi connectivity index (χ0) is 13.8. The molecule has 2 N–H and O–H groups in total. The molecule has 0 saturated carbocycles. The zero-order valence-electron chi connectivity index (χ0n) is 10.3. The van der Waals surface area contributed by atoms with Crippen molar-refractivity contribution in [3.8, 4) is 5.88 Å². The molecule has 0 spiro atoms. The van der Waals surface area contributed by atoms with Crippen LogP contribution >= 0.6 is 23.2 Å². The Hall–Kier alpha value is -1.36. The fraction of sp³-hybridized carbons (Fsp3) is 0.231. The molecule has 0 amide bonds. The van der Waals surface area contributed by atoms with E-state index in [0.717, 1.165) is 11.3 Å². The summed E-state index contributed by atoms with van der Waals surface area (Å²) >= 11 is 11.8. The van der Waals surface area contributed by atoms with Crippen molar-refractivity contribution in [2.45, 2.75) is 12.5 Å². The van der Waals surface area contributed by atoms with Gasteiger partial charge in [-0.05, 0) is 24.1 Å². The molecule has 1 unspecified atom stereocenters. The normalized spacial score (nSPS) is 12.2. The third-order valence-electron chi connectivity index (χ3n) is 2.69. The Morgan fingerprint density at radius 2 is 2.00 bits per heavy atom. The molecule has 4 nitrogen and oxygen atoms in total. The summed E-state index contributed by atoms with van der Waals surface area (Å²) in [5.74, 6) is 0.495. The van der Waals surface area contributed by atoms with Gasteiger partial charge in [0.1, 0.15) is 6.33 Å². The van der Waals surface area contributed by atoms with Crippen LogP contribution in [0.15, 0.2) is 30.6 Å². The Bertz CT molecular complexity index is 578. The first-order valence-electron chi connectivity index (χ1n) is 5.65. The fourth-order valence-corrected chi connectivity index (χ4v) is 2.01. The Balaban J connectivity index is 2.15. The maximum atomic E-state index is 6.12. The van der Waals surface area contributed by atoms with Crippen molar-refractivity contribution in [2.24, 2.45) is 5.73 Å². The van der Waals surface area contributed by atoms with Gasteiger partial charge < -0.3 is 10.5 Å². The highest BCUT2D eigenvalue weighted by Crippen LogP contribution is 2.25. The number of hydrogen-bond donors (Lipinski definition) is 1. The first-order chi connectivity index (χ1) is 9.10. The molecule has 0 aliphatic carbocycles. The molecule has 0 aliphatic rings. The van der Waals surface area contributed by atoms with Crippen LogP contribution in [-0.4, -0.2) is 17.1 Å². The topological polar surface area (TPSA) is 61.0 Å². The number of methoxy groups -OCH3 is 1. The highest BCUT2D eigenvalue weighted by atomic mass is 35.5. The van der Waals surface area contributed by atoms with Crippen molar-refractivity contribution < 1.29 is 4.74 Å². The minimum absolute atomic E-state index is 0.255. The van der Waals surface area contributed by atoms with E-state index in [0.29, 0.717) is 22.3 Å². The summed E-state index contributed by atoms with van der Waals surface area (Å²) in [6.45, 7) is 0. The van der Waals surface area contributed by atoms with Gasteiger partial charge in [0.25, 0.3) is 0 Å². The van der Waals surface area contributed by atoms with Crippen molar-refractivity contribution in [1.29, 1.82) is 0 Å². The van der Waals surface area contributed by atoms with Gasteiger partial charge in [0, 0.05) is 6.07 Å². The molecule has 1 heterocycles. The molecule has 2 aromatic rings. The van der Waals surface area contributed by atoms with E-state index in [9.17, 15) is 0 Å². The van der Waals surface area contributed by atoms with Gasteiger partial charge in [-0.25, -0.2) is 9.97 Å². The van der Waals surface area contributed by atoms with Crippen molar-refractivity contribution in [3.05, 3.63) is 51.9 Å². The summed E-state index contributed by atoms with van der Waals surface area (Å²) in [4.78, 5) is 8.09. The minimum atomic E-state index is -0.255. The van der Waals surface area contributed by atoms with Crippen molar-refractivity contribution in [1.82, 2.24) is 9.97 Å². The van der Waals surface area contributed by atoms with Crippen LogP contribution in [0.25, 0.3) is 0 Å².